The zero-order valence-electron chi connectivity index (χ0n) is 10.7. The van der Waals surface area contributed by atoms with Gasteiger partial charge in [-0.05, 0) is 25.0 Å². The summed E-state index contributed by atoms with van der Waals surface area (Å²) in [7, 11) is 0. The molecule has 1 heterocycles. The maximum atomic E-state index is 12.0. The fourth-order valence-corrected chi connectivity index (χ4v) is 2.43. The minimum atomic E-state index is -0.0421. The van der Waals surface area contributed by atoms with Gasteiger partial charge in [0, 0.05) is 24.7 Å². The lowest BCUT2D eigenvalue weighted by Crippen LogP contribution is -2.46. The third kappa shape index (κ3) is 3.73. The Balaban J connectivity index is 1.83. The van der Waals surface area contributed by atoms with Crippen LogP contribution >= 0.6 is 12.6 Å². The molecule has 1 aromatic rings. The molecule has 0 spiro atoms. The van der Waals surface area contributed by atoms with Crippen LogP contribution in [0.2, 0.25) is 0 Å². The fourth-order valence-electron chi connectivity index (χ4n) is 2.23. The summed E-state index contributed by atoms with van der Waals surface area (Å²) in [5.41, 5.74) is 0.677. The van der Waals surface area contributed by atoms with Gasteiger partial charge >= 0.3 is 0 Å². The van der Waals surface area contributed by atoms with Gasteiger partial charge in [0.2, 0.25) is 5.91 Å². The van der Waals surface area contributed by atoms with Crippen molar-refractivity contribution in [3.63, 3.8) is 0 Å². The standard InChI is InChI=1S/C14H18N2O2S/c17-13(10-19)16-8-6-12(7-9-16)15-14(18)11-4-2-1-3-5-11/h1-5,12,19H,6-10H2,(H,15,18). The van der Waals surface area contributed by atoms with E-state index in [0.29, 0.717) is 18.7 Å². The summed E-state index contributed by atoms with van der Waals surface area (Å²) in [6.45, 7) is 1.39. The molecule has 102 valence electrons. The number of piperidine rings is 1. The molecule has 0 aliphatic carbocycles. The number of nitrogens with zero attached hydrogens (tertiary/aromatic N) is 1. The molecule has 1 N–H and O–H groups in total. The quantitative estimate of drug-likeness (QED) is 0.820. The first kappa shape index (κ1) is 13.9. The topological polar surface area (TPSA) is 49.4 Å². The fraction of sp³-hybridized carbons (Fsp3) is 0.429. The number of rotatable bonds is 3. The molecule has 2 amide bonds. The van der Waals surface area contributed by atoms with Gasteiger partial charge in [0.25, 0.3) is 5.91 Å². The van der Waals surface area contributed by atoms with E-state index in [1.54, 1.807) is 17.0 Å². The molecular formula is C14H18N2O2S. The van der Waals surface area contributed by atoms with Crippen LogP contribution in [0, 0.1) is 0 Å². The third-order valence-corrected chi connectivity index (χ3v) is 3.62. The summed E-state index contributed by atoms with van der Waals surface area (Å²) >= 11 is 3.99. The highest BCUT2D eigenvalue weighted by Gasteiger charge is 2.23. The van der Waals surface area contributed by atoms with Crippen LogP contribution in [0.1, 0.15) is 23.2 Å². The Morgan fingerprint density at radius 3 is 2.42 bits per heavy atom. The third-order valence-electron chi connectivity index (χ3n) is 3.35. The van der Waals surface area contributed by atoms with Crippen molar-refractivity contribution in [1.82, 2.24) is 10.2 Å². The number of nitrogens with one attached hydrogen (secondary N) is 1. The van der Waals surface area contributed by atoms with E-state index in [2.05, 4.69) is 17.9 Å². The highest BCUT2D eigenvalue weighted by molar-refractivity contribution is 7.81. The number of thiol groups is 1. The second-order valence-electron chi connectivity index (χ2n) is 4.65. The van der Waals surface area contributed by atoms with Crippen molar-refractivity contribution in [3.8, 4) is 0 Å². The number of carbonyl (C=O) groups is 2. The average molecular weight is 278 g/mol. The van der Waals surface area contributed by atoms with Gasteiger partial charge in [-0.15, -0.1) is 0 Å². The summed E-state index contributed by atoms with van der Waals surface area (Å²) in [4.78, 5) is 25.3. The summed E-state index contributed by atoms with van der Waals surface area (Å²) < 4.78 is 0. The van der Waals surface area contributed by atoms with Crippen molar-refractivity contribution >= 4 is 24.4 Å². The van der Waals surface area contributed by atoms with Crippen molar-refractivity contribution in [2.24, 2.45) is 0 Å². The normalized spacial score (nSPS) is 16.2. The Bertz CT molecular complexity index is 442. The Morgan fingerprint density at radius 1 is 1.21 bits per heavy atom. The monoisotopic (exact) mass is 278 g/mol. The van der Waals surface area contributed by atoms with Crippen molar-refractivity contribution in [1.29, 1.82) is 0 Å². The number of hydrogen-bond donors (Lipinski definition) is 2. The van der Waals surface area contributed by atoms with Crippen molar-refractivity contribution in [3.05, 3.63) is 35.9 Å². The van der Waals surface area contributed by atoms with Gasteiger partial charge in [-0.3, -0.25) is 9.59 Å². The smallest absolute Gasteiger partial charge is 0.251 e. The van der Waals surface area contributed by atoms with Crippen molar-refractivity contribution in [2.45, 2.75) is 18.9 Å². The van der Waals surface area contributed by atoms with Gasteiger partial charge in [0.1, 0.15) is 0 Å². The summed E-state index contributed by atoms with van der Waals surface area (Å²) in [6.07, 6.45) is 1.61. The number of amides is 2. The van der Waals surface area contributed by atoms with E-state index in [-0.39, 0.29) is 23.6 Å². The molecule has 1 fully saturated rings. The number of likely N-dealkylation sites (tertiary alicyclic amines) is 1. The number of benzene rings is 1. The molecule has 1 aliphatic rings. The van der Waals surface area contributed by atoms with Crippen LogP contribution in [-0.4, -0.2) is 41.6 Å². The zero-order valence-corrected chi connectivity index (χ0v) is 11.6. The Morgan fingerprint density at radius 2 is 1.84 bits per heavy atom. The minimum Gasteiger partial charge on any atom is -0.349 e. The predicted octanol–water partition coefficient (Wildman–Crippen LogP) is 1.34. The molecule has 5 heteroatoms. The minimum absolute atomic E-state index is 0.0421. The molecule has 0 unspecified atom stereocenters. The van der Waals surface area contributed by atoms with Gasteiger partial charge < -0.3 is 10.2 Å². The lowest BCUT2D eigenvalue weighted by Gasteiger charge is -2.32. The lowest BCUT2D eigenvalue weighted by molar-refractivity contribution is -0.129. The summed E-state index contributed by atoms with van der Waals surface area (Å²) in [6, 6.07) is 9.34. The van der Waals surface area contributed by atoms with Gasteiger partial charge in [-0.2, -0.15) is 12.6 Å². The molecule has 0 atom stereocenters. The zero-order chi connectivity index (χ0) is 13.7. The molecule has 1 saturated heterocycles. The van der Waals surface area contributed by atoms with E-state index in [1.165, 1.54) is 0 Å². The summed E-state index contributed by atoms with van der Waals surface area (Å²) in [5, 5.41) is 3.02. The first-order chi connectivity index (χ1) is 9.20. The molecule has 0 radical (unpaired) electrons. The average Bonchev–Trinajstić information content (AvgIpc) is 2.48. The van der Waals surface area contributed by atoms with Crippen LogP contribution in [0.25, 0.3) is 0 Å². The van der Waals surface area contributed by atoms with Gasteiger partial charge in [0.15, 0.2) is 0 Å². The lowest BCUT2D eigenvalue weighted by atomic mass is 10.0. The maximum Gasteiger partial charge on any atom is 0.251 e. The van der Waals surface area contributed by atoms with Crippen LogP contribution < -0.4 is 5.32 Å². The van der Waals surface area contributed by atoms with E-state index in [1.807, 2.05) is 18.2 Å². The molecule has 2 rings (SSSR count). The Labute approximate surface area is 118 Å². The second kappa shape index (κ2) is 6.61. The summed E-state index contributed by atoms with van der Waals surface area (Å²) in [5.74, 6) is 0.275. The van der Waals surface area contributed by atoms with Crippen LogP contribution in [0.4, 0.5) is 0 Å². The van der Waals surface area contributed by atoms with Crippen molar-refractivity contribution in [2.75, 3.05) is 18.8 Å². The van der Waals surface area contributed by atoms with Gasteiger partial charge in [-0.25, -0.2) is 0 Å². The molecular weight excluding hydrogens is 260 g/mol. The number of carbonyl (C=O) groups excluding carboxylic acids is 2. The van der Waals surface area contributed by atoms with Crippen LogP contribution in [-0.2, 0) is 4.79 Å². The van der Waals surface area contributed by atoms with Crippen LogP contribution in [0.3, 0.4) is 0 Å². The maximum absolute atomic E-state index is 12.0. The van der Waals surface area contributed by atoms with E-state index in [9.17, 15) is 9.59 Å². The molecule has 0 aromatic heterocycles. The SMILES string of the molecule is O=C(NC1CCN(C(=O)CS)CC1)c1ccccc1. The molecule has 1 aliphatic heterocycles. The molecule has 4 nitrogen and oxygen atoms in total. The highest BCUT2D eigenvalue weighted by atomic mass is 32.1. The first-order valence-corrected chi connectivity index (χ1v) is 7.08. The largest absolute Gasteiger partial charge is 0.349 e. The molecule has 0 saturated carbocycles. The van der Waals surface area contributed by atoms with E-state index in [0.717, 1.165) is 12.8 Å². The van der Waals surface area contributed by atoms with E-state index >= 15 is 0 Å². The Kier molecular flexibility index (Phi) is 4.85. The van der Waals surface area contributed by atoms with Crippen LogP contribution in [0.5, 0.6) is 0 Å². The van der Waals surface area contributed by atoms with Gasteiger partial charge in [0.05, 0.1) is 5.75 Å². The van der Waals surface area contributed by atoms with E-state index < -0.39 is 0 Å². The van der Waals surface area contributed by atoms with Crippen molar-refractivity contribution < 1.29 is 9.59 Å². The molecule has 0 bridgehead atoms. The first-order valence-electron chi connectivity index (χ1n) is 6.45. The predicted molar refractivity (Wildman–Crippen MR) is 77.4 cm³/mol. The number of hydrogen-bond acceptors (Lipinski definition) is 3. The Hall–Kier alpha value is -1.49. The van der Waals surface area contributed by atoms with E-state index in [4.69, 9.17) is 0 Å². The van der Waals surface area contributed by atoms with Gasteiger partial charge in [-0.1, -0.05) is 18.2 Å². The molecule has 1 aromatic carbocycles. The van der Waals surface area contributed by atoms with Crippen LogP contribution in [0.15, 0.2) is 30.3 Å². The molecule has 19 heavy (non-hydrogen) atoms. The highest BCUT2D eigenvalue weighted by Crippen LogP contribution is 2.11. The second-order valence-corrected chi connectivity index (χ2v) is 4.97.